The number of thiazole rings is 1. The van der Waals surface area contributed by atoms with Crippen molar-refractivity contribution < 1.29 is 9.53 Å². The van der Waals surface area contributed by atoms with Crippen molar-refractivity contribution in [2.75, 3.05) is 51.3 Å². The molecule has 2 fully saturated rings. The first-order valence-corrected chi connectivity index (χ1v) is 8.83. The van der Waals surface area contributed by atoms with Crippen LogP contribution in [-0.4, -0.2) is 67.8 Å². The molecule has 7 heteroatoms. The quantitative estimate of drug-likeness (QED) is 0.897. The van der Waals surface area contributed by atoms with Crippen molar-refractivity contribution in [1.82, 2.24) is 15.2 Å². The Hall–Kier alpha value is -1.18. The molecule has 1 aromatic heterocycles. The summed E-state index contributed by atoms with van der Waals surface area (Å²) in [6, 6.07) is 0. The molecular formula is C15H24N4O2S. The van der Waals surface area contributed by atoms with Crippen LogP contribution in [0.1, 0.15) is 19.3 Å². The third-order valence-corrected chi connectivity index (χ3v) is 5.50. The minimum absolute atomic E-state index is 0.164. The molecule has 3 heterocycles. The Morgan fingerprint density at radius 3 is 2.82 bits per heavy atom. The lowest BCUT2D eigenvalue weighted by molar-refractivity contribution is -0.158. The molecule has 1 amide bonds. The molecule has 0 aliphatic carbocycles. The van der Waals surface area contributed by atoms with Crippen LogP contribution in [-0.2, 0) is 9.53 Å². The molecule has 2 saturated heterocycles. The van der Waals surface area contributed by atoms with E-state index in [1.54, 1.807) is 18.4 Å². The van der Waals surface area contributed by atoms with Gasteiger partial charge in [-0.1, -0.05) is 0 Å². The number of rotatable bonds is 3. The average Bonchev–Trinajstić information content (AvgIpc) is 2.99. The molecule has 0 saturated carbocycles. The number of anilines is 1. The lowest BCUT2D eigenvalue weighted by Crippen LogP contribution is -2.55. The molecule has 22 heavy (non-hydrogen) atoms. The van der Waals surface area contributed by atoms with Crippen LogP contribution in [0.15, 0.2) is 11.6 Å². The first kappa shape index (κ1) is 15.7. The van der Waals surface area contributed by atoms with E-state index in [9.17, 15) is 4.79 Å². The molecule has 0 aromatic carbocycles. The van der Waals surface area contributed by atoms with Gasteiger partial charge in [-0.15, -0.1) is 11.3 Å². The monoisotopic (exact) mass is 324 g/mol. The predicted octanol–water partition coefficient (Wildman–Crippen LogP) is 0.950. The molecule has 2 aliphatic rings. The predicted molar refractivity (Wildman–Crippen MR) is 87.4 cm³/mol. The number of nitrogens with zero attached hydrogens (tertiary/aromatic N) is 3. The van der Waals surface area contributed by atoms with Gasteiger partial charge in [0.15, 0.2) is 5.13 Å². The van der Waals surface area contributed by atoms with Crippen LogP contribution in [0.5, 0.6) is 0 Å². The fourth-order valence-electron chi connectivity index (χ4n) is 3.31. The number of hydrogen-bond acceptors (Lipinski definition) is 6. The second-order valence-electron chi connectivity index (χ2n) is 5.90. The third kappa shape index (κ3) is 3.11. The number of carbonyl (C=O) groups is 1. The summed E-state index contributed by atoms with van der Waals surface area (Å²) >= 11 is 1.66. The smallest absolute Gasteiger partial charge is 0.254 e. The second kappa shape index (κ2) is 6.93. The van der Waals surface area contributed by atoms with Crippen molar-refractivity contribution in [1.29, 1.82) is 0 Å². The Kier molecular flexibility index (Phi) is 4.95. The zero-order valence-corrected chi connectivity index (χ0v) is 13.9. The lowest BCUT2D eigenvalue weighted by atomic mass is 9.90. The van der Waals surface area contributed by atoms with Crippen molar-refractivity contribution in [3.63, 3.8) is 0 Å². The highest BCUT2D eigenvalue weighted by Crippen LogP contribution is 2.26. The van der Waals surface area contributed by atoms with Crippen molar-refractivity contribution in [2.45, 2.75) is 24.9 Å². The molecule has 1 aromatic rings. The summed E-state index contributed by atoms with van der Waals surface area (Å²) in [5, 5.41) is 6.36. The largest absolute Gasteiger partial charge is 0.368 e. The summed E-state index contributed by atoms with van der Waals surface area (Å²) in [7, 11) is 1.67. The molecule has 6 nitrogen and oxygen atoms in total. The van der Waals surface area contributed by atoms with Gasteiger partial charge in [-0.3, -0.25) is 4.79 Å². The number of aromatic nitrogens is 1. The van der Waals surface area contributed by atoms with Crippen LogP contribution in [0.3, 0.4) is 0 Å². The normalized spacial score (nSPS) is 22.4. The topological polar surface area (TPSA) is 57.7 Å². The average molecular weight is 324 g/mol. The molecule has 122 valence electrons. The zero-order valence-electron chi connectivity index (χ0n) is 13.1. The highest BCUT2D eigenvalue weighted by molar-refractivity contribution is 7.13. The van der Waals surface area contributed by atoms with Gasteiger partial charge < -0.3 is 19.9 Å². The third-order valence-electron chi connectivity index (χ3n) is 4.66. The number of piperidine rings is 1. The van der Waals surface area contributed by atoms with Crippen LogP contribution >= 0.6 is 11.3 Å². The molecule has 3 rings (SSSR count). The Morgan fingerprint density at radius 1 is 1.32 bits per heavy atom. The Morgan fingerprint density at radius 2 is 2.14 bits per heavy atom. The minimum Gasteiger partial charge on any atom is -0.368 e. The van der Waals surface area contributed by atoms with Gasteiger partial charge in [0.2, 0.25) is 0 Å². The number of amides is 1. The molecule has 0 bridgehead atoms. The van der Waals surface area contributed by atoms with E-state index in [0.717, 1.165) is 63.7 Å². The van der Waals surface area contributed by atoms with Crippen molar-refractivity contribution >= 4 is 22.4 Å². The van der Waals surface area contributed by atoms with E-state index in [-0.39, 0.29) is 5.91 Å². The fourth-order valence-corrected chi connectivity index (χ4v) is 4.00. The Balaban J connectivity index is 1.66. The summed E-state index contributed by atoms with van der Waals surface area (Å²) in [5.41, 5.74) is -0.623. The maximum Gasteiger partial charge on any atom is 0.254 e. The number of carbonyl (C=O) groups excluding carboxylic acids is 1. The first-order valence-electron chi connectivity index (χ1n) is 7.95. The summed E-state index contributed by atoms with van der Waals surface area (Å²) in [6.45, 7) is 5.05. The van der Waals surface area contributed by atoms with E-state index in [1.807, 2.05) is 16.5 Å². The maximum absolute atomic E-state index is 13.0. The van der Waals surface area contributed by atoms with Gasteiger partial charge in [0.25, 0.3) is 5.91 Å². The van der Waals surface area contributed by atoms with Gasteiger partial charge in [0.1, 0.15) is 5.60 Å². The van der Waals surface area contributed by atoms with Gasteiger partial charge in [-0.2, -0.15) is 0 Å². The highest BCUT2D eigenvalue weighted by atomic mass is 32.1. The fraction of sp³-hybridized carbons (Fsp3) is 0.733. The van der Waals surface area contributed by atoms with Crippen molar-refractivity contribution in [3.8, 4) is 0 Å². The second-order valence-corrected chi connectivity index (χ2v) is 6.77. The van der Waals surface area contributed by atoms with Crippen molar-refractivity contribution in [2.24, 2.45) is 0 Å². The number of hydrogen-bond donors (Lipinski definition) is 1. The maximum atomic E-state index is 13.0. The standard InChI is InChI=1S/C15H24N4O2S/c1-21-15(3-5-16-6-4-15)13(20)18-8-2-9-19(11-10-18)14-17-7-12-22-14/h7,12,16H,2-6,8-11H2,1H3. The highest BCUT2D eigenvalue weighted by Gasteiger charge is 2.42. The summed E-state index contributed by atoms with van der Waals surface area (Å²) in [6.07, 6.45) is 4.33. The Labute approximate surface area is 135 Å². The summed E-state index contributed by atoms with van der Waals surface area (Å²) in [5.74, 6) is 0.164. The molecule has 0 spiro atoms. The number of ether oxygens (including phenoxy) is 1. The van der Waals surface area contributed by atoms with E-state index < -0.39 is 5.60 Å². The lowest BCUT2D eigenvalue weighted by Gasteiger charge is -2.38. The van der Waals surface area contributed by atoms with E-state index in [2.05, 4.69) is 15.2 Å². The number of methoxy groups -OCH3 is 1. The van der Waals surface area contributed by atoms with Crippen molar-refractivity contribution in [3.05, 3.63) is 11.6 Å². The zero-order chi connectivity index (χ0) is 15.4. The van der Waals surface area contributed by atoms with Gasteiger partial charge in [-0.25, -0.2) is 4.98 Å². The van der Waals surface area contributed by atoms with E-state index in [1.165, 1.54) is 0 Å². The van der Waals surface area contributed by atoms with E-state index in [0.29, 0.717) is 0 Å². The molecular weight excluding hydrogens is 300 g/mol. The minimum atomic E-state index is -0.623. The first-order chi connectivity index (χ1) is 10.7. The SMILES string of the molecule is COC1(C(=O)N2CCCN(c3nccs3)CC2)CCNCC1. The molecule has 1 N–H and O–H groups in total. The molecule has 0 unspecified atom stereocenters. The van der Waals surface area contributed by atoms with E-state index >= 15 is 0 Å². The Bertz CT molecular complexity index is 488. The summed E-state index contributed by atoms with van der Waals surface area (Å²) in [4.78, 5) is 21.6. The molecule has 0 radical (unpaired) electrons. The van der Waals surface area contributed by atoms with Crippen LogP contribution in [0.25, 0.3) is 0 Å². The van der Waals surface area contributed by atoms with E-state index in [4.69, 9.17) is 4.74 Å². The van der Waals surface area contributed by atoms with Crippen LogP contribution in [0.2, 0.25) is 0 Å². The summed E-state index contributed by atoms with van der Waals surface area (Å²) < 4.78 is 5.68. The molecule has 0 atom stereocenters. The van der Waals surface area contributed by atoms with Crippen LogP contribution in [0, 0.1) is 0 Å². The van der Waals surface area contributed by atoms with Gasteiger partial charge >= 0.3 is 0 Å². The number of nitrogens with one attached hydrogen (secondary N) is 1. The van der Waals surface area contributed by atoms with Gasteiger partial charge in [-0.05, 0) is 32.4 Å². The molecule has 2 aliphatic heterocycles. The van der Waals surface area contributed by atoms with Gasteiger partial charge in [0.05, 0.1) is 0 Å². The van der Waals surface area contributed by atoms with Gasteiger partial charge in [0, 0.05) is 44.9 Å². The van der Waals surface area contributed by atoms with Crippen LogP contribution < -0.4 is 10.2 Å². The van der Waals surface area contributed by atoms with Crippen LogP contribution in [0.4, 0.5) is 5.13 Å².